The number of aromatic hydroxyl groups is 1. The van der Waals surface area contributed by atoms with Gasteiger partial charge in [0.15, 0.2) is 0 Å². The number of hydrogen-bond donors (Lipinski definition) is 3. The van der Waals surface area contributed by atoms with Crippen molar-refractivity contribution in [3.63, 3.8) is 0 Å². The molecular weight excluding hydrogens is 348 g/mol. The van der Waals surface area contributed by atoms with E-state index in [0.29, 0.717) is 16.7 Å². The number of fused-ring (bicyclic) bond motifs is 1. The van der Waals surface area contributed by atoms with Crippen molar-refractivity contribution in [2.24, 2.45) is 5.14 Å². The van der Waals surface area contributed by atoms with Gasteiger partial charge in [0.25, 0.3) is 5.91 Å². The van der Waals surface area contributed by atoms with E-state index in [1.54, 1.807) is 6.07 Å². The van der Waals surface area contributed by atoms with Gasteiger partial charge in [-0.1, -0.05) is 0 Å². The van der Waals surface area contributed by atoms with E-state index in [0.717, 1.165) is 0 Å². The Hall–Kier alpha value is -3.04. The zero-order valence-electron chi connectivity index (χ0n) is 13.0. The number of phenolic OH excluding ortho intramolecular Hbond substituents is 1. The highest BCUT2D eigenvalue weighted by molar-refractivity contribution is 7.89. The van der Waals surface area contributed by atoms with Crippen LogP contribution in [-0.4, -0.2) is 26.5 Å². The number of hydrogen-bond acceptors (Lipinski definition) is 6. The number of sulfonamides is 1. The number of carbonyl (C=O) groups excluding carboxylic acids is 1. The van der Waals surface area contributed by atoms with Gasteiger partial charge in [-0.3, -0.25) is 4.79 Å². The molecule has 0 radical (unpaired) electrons. The quantitative estimate of drug-likeness (QED) is 0.651. The summed E-state index contributed by atoms with van der Waals surface area (Å²) in [5.74, 6) is -0.763. The van der Waals surface area contributed by atoms with Crippen LogP contribution in [0, 0.1) is 0 Å². The Balaban J connectivity index is 1.96. The number of benzene rings is 2. The molecule has 0 unspecified atom stereocenters. The normalized spacial score (nSPS) is 11.4. The van der Waals surface area contributed by atoms with Crippen LogP contribution in [0.25, 0.3) is 11.0 Å². The van der Waals surface area contributed by atoms with Crippen molar-refractivity contribution in [3.8, 4) is 11.5 Å². The van der Waals surface area contributed by atoms with Crippen LogP contribution in [0.15, 0.2) is 52.0 Å². The Morgan fingerprint density at radius 2 is 1.92 bits per heavy atom. The molecule has 8 nitrogen and oxygen atoms in total. The van der Waals surface area contributed by atoms with Crippen LogP contribution >= 0.6 is 0 Å². The van der Waals surface area contributed by atoms with E-state index in [-0.39, 0.29) is 22.0 Å². The van der Waals surface area contributed by atoms with E-state index in [4.69, 9.17) is 14.3 Å². The summed E-state index contributed by atoms with van der Waals surface area (Å²) in [6, 6.07) is 8.24. The second-order valence-corrected chi connectivity index (χ2v) is 6.72. The Morgan fingerprint density at radius 1 is 1.24 bits per heavy atom. The molecule has 0 saturated carbocycles. The van der Waals surface area contributed by atoms with E-state index < -0.39 is 15.9 Å². The molecule has 3 rings (SSSR count). The third-order valence-electron chi connectivity index (χ3n) is 3.56. The molecule has 2 aromatic carbocycles. The minimum absolute atomic E-state index is 0.0630. The number of nitrogens with one attached hydrogen (secondary N) is 1. The SMILES string of the molecule is COc1c(C(=O)Nc2ccc(S(N)(=O)=O)cc2)c(O)cc2occc12. The van der Waals surface area contributed by atoms with Crippen molar-refractivity contribution in [2.75, 3.05) is 12.4 Å². The van der Waals surface area contributed by atoms with E-state index in [9.17, 15) is 18.3 Å². The van der Waals surface area contributed by atoms with Gasteiger partial charge < -0.3 is 19.6 Å². The molecule has 0 aliphatic rings. The highest BCUT2D eigenvalue weighted by Crippen LogP contribution is 2.37. The van der Waals surface area contributed by atoms with Crippen LogP contribution in [0.3, 0.4) is 0 Å². The first-order chi connectivity index (χ1) is 11.8. The Kier molecular flexibility index (Phi) is 4.11. The molecule has 1 amide bonds. The third-order valence-corrected chi connectivity index (χ3v) is 4.49. The lowest BCUT2D eigenvalue weighted by molar-refractivity contribution is 0.102. The van der Waals surface area contributed by atoms with Crippen molar-refractivity contribution in [3.05, 3.63) is 48.2 Å². The maximum absolute atomic E-state index is 12.5. The fourth-order valence-electron chi connectivity index (χ4n) is 2.42. The topological polar surface area (TPSA) is 132 Å². The molecule has 1 heterocycles. The average Bonchev–Trinajstić information content (AvgIpc) is 3.00. The molecule has 0 spiro atoms. The van der Waals surface area contributed by atoms with Crippen LogP contribution in [0.2, 0.25) is 0 Å². The van der Waals surface area contributed by atoms with Crippen LogP contribution < -0.4 is 15.2 Å². The number of nitrogens with two attached hydrogens (primary N) is 1. The maximum Gasteiger partial charge on any atom is 0.263 e. The third kappa shape index (κ3) is 3.14. The molecule has 0 fully saturated rings. The van der Waals surface area contributed by atoms with Crippen LogP contribution in [0.4, 0.5) is 5.69 Å². The van der Waals surface area contributed by atoms with Gasteiger partial charge >= 0.3 is 0 Å². The number of rotatable bonds is 4. The summed E-state index contributed by atoms with van der Waals surface area (Å²) < 4.78 is 32.9. The van der Waals surface area contributed by atoms with Gasteiger partial charge in [0.2, 0.25) is 10.0 Å². The minimum Gasteiger partial charge on any atom is -0.507 e. The molecule has 0 aliphatic heterocycles. The second-order valence-electron chi connectivity index (χ2n) is 5.16. The lowest BCUT2D eigenvalue weighted by Crippen LogP contribution is -2.15. The number of primary sulfonamides is 1. The molecule has 1 aromatic heterocycles. The number of phenols is 1. The van der Waals surface area contributed by atoms with E-state index in [2.05, 4.69) is 5.32 Å². The highest BCUT2D eigenvalue weighted by Gasteiger charge is 2.22. The summed E-state index contributed by atoms with van der Waals surface area (Å²) in [6.07, 6.45) is 1.42. The summed E-state index contributed by atoms with van der Waals surface area (Å²) in [6.45, 7) is 0. The summed E-state index contributed by atoms with van der Waals surface area (Å²) in [4.78, 5) is 12.5. The first-order valence-electron chi connectivity index (χ1n) is 7.02. The smallest absolute Gasteiger partial charge is 0.263 e. The molecule has 130 valence electrons. The summed E-state index contributed by atoms with van der Waals surface area (Å²) in [7, 11) is -2.44. The lowest BCUT2D eigenvalue weighted by Gasteiger charge is -2.12. The molecule has 9 heteroatoms. The van der Waals surface area contributed by atoms with Crippen molar-refractivity contribution in [1.29, 1.82) is 0 Å². The Bertz CT molecular complexity index is 1050. The van der Waals surface area contributed by atoms with Crippen LogP contribution in [-0.2, 0) is 10.0 Å². The zero-order valence-corrected chi connectivity index (χ0v) is 13.8. The molecule has 0 atom stereocenters. The number of furan rings is 1. The van der Waals surface area contributed by atoms with Crippen molar-refractivity contribution < 1.29 is 27.5 Å². The summed E-state index contributed by atoms with van der Waals surface area (Å²) in [5.41, 5.74) is 0.640. The molecule has 0 saturated heterocycles. The van der Waals surface area contributed by atoms with Gasteiger partial charge in [-0.2, -0.15) is 0 Å². The number of ether oxygens (including phenoxy) is 1. The maximum atomic E-state index is 12.5. The first kappa shape index (κ1) is 16.8. The summed E-state index contributed by atoms with van der Waals surface area (Å²) >= 11 is 0. The average molecular weight is 362 g/mol. The van der Waals surface area contributed by atoms with E-state index in [1.165, 1.54) is 43.7 Å². The van der Waals surface area contributed by atoms with Gasteiger partial charge in [0.1, 0.15) is 22.6 Å². The molecule has 25 heavy (non-hydrogen) atoms. The molecule has 4 N–H and O–H groups in total. The monoisotopic (exact) mass is 362 g/mol. The van der Waals surface area contributed by atoms with Crippen LogP contribution in [0.1, 0.15) is 10.4 Å². The van der Waals surface area contributed by atoms with Gasteiger partial charge in [-0.05, 0) is 30.3 Å². The molecular formula is C16H14N2O6S. The lowest BCUT2D eigenvalue weighted by atomic mass is 10.1. The van der Waals surface area contributed by atoms with Crippen molar-refractivity contribution >= 4 is 32.6 Å². The second kappa shape index (κ2) is 6.11. The van der Waals surface area contributed by atoms with Crippen molar-refractivity contribution in [2.45, 2.75) is 4.90 Å². The Labute approximate surface area is 142 Å². The van der Waals surface area contributed by atoms with Gasteiger partial charge in [0.05, 0.1) is 23.7 Å². The van der Waals surface area contributed by atoms with E-state index in [1.807, 2.05) is 0 Å². The number of anilines is 1. The number of amides is 1. The number of carbonyl (C=O) groups is 1. The van der Waals surface area contributed by atoms with Gasteiger partial charge in [-0.15, -0.1) is 0 Å². The fraction of sp³-hybridized carbons (Fsp3) is 0.0625. The van der Waals surface area contributed by atoms with E-state index >= 15 is 0 Å². The molecule has 3 aromatic rings. The standard InChI is InChI=1S/C16H14N2O6S/c1-23-15-11-6-7-24-13(11)8-12(19)14(15)16(20)18-9-2-4-10(5-3-9)25(17,21)22/h2-8,19H,1H3,(H,18,20)(H2,17,21,22). The van der Waals surface area contributed by atoms with Gasteiger partial charge in [-0.25, -0.2) is 13.6 Å². The molecule has 0 aliphatic carbocycles. The fourth-order valence-corrected chi connectivity index (χ4v) is 2.94. The highest BCUT2D eigenvalue weighted by atomic mass is 32.2. The predicted octanol–water partition coefficient (Wildman–Crippen LogP) is 2.05. The van der Waals surface area contributed by atoms with Gasteiger partial charge in [0, 0.05) is 11.8 Å². The summed E-state index contributed by atoms with van der Waals surface area (Å²) in [5, 5.41) is 18.3. The van der Waals surface area contributed by atoms with Crippen LogP contribution in [0.5, 0.6) is 11.5 Å². The molecule has 0 bridgehead atoms. The zero-order chi connectivity index (χ0) is 18.2. The largest absolute Gasteiger partial charge is 0.507 e. The predicted molar refractivity (Wildman–Crippen MR) is 90.2 cm³/mol. The Morgan fingerprint density at radius 3 is 2.52 bits per heavy atom. The minimum atomic E-state index is -3.82. The first-order valence-corrected chi connectivity index (χ1v) is 8.57. The number of methoxy groups -OCH3 is 1. The van der Waals surface area contributed by atoms with Crippen molar-refractivity contribution in [1.82, 2.24) is 0 Å².